The van der Waals surface area contributed by atoms with Crippen LogP contribution in [0.25, 0.3) is 0 Å². The van der Waals surface area contributed by atoms with Crippen LogP contribution in [0.2, 0.25) is 0 Å². The van der Waals surface area contributed by atoms with Crippen molar-refractivity contribution in [3.8, 4) is 11.5 Å². The highest BCUT2D eigenvalue weighted by Gasteiger charge is 2.46. The van der Waals surface area contributed by atoms with Crippen LogP contribution in [0.3, 0.4) is 0 Å². The molecule has 6 rings (SSSR count). The molecule has 3 aromatic rings. The minimum atomic E-state index is -0.541. The van der Waals surface area contributed by atoms with Gasteiger partial charge in [-0.15, -0.1) is 0 Å². The number of amides is 2. The molecule has 7 nitrogen and oxygen atoms in total. The Morgan fingerprint density at radius 3 is 2.38 bits per heavy atom. The minimum absolute atomic E-state index is 0.0633. The monoisotopic (exact) mass is 525 g/mol. The van der Waals surface area contributed by atoms with Crippen molar-refractivity contribution in [2.45, 2.75) is 37.8 Å². The highest BCUT2D eigenvalue weighted by Crippen LogP contribution is 2.48. The molecule has 0 aliphatic carbocycles. The summed E-state index contributed by atoms with van der Waals surface area (Å²) in [5.74, 6) is 0.333. The van der Waals surface area contributed by atoms with Gasteiger partial charge in [0.15, 0.2) is 11.5 Å². The van der Waals surface area contributed by atoms with Crippen molar-refractivity contribution >= 4 is 11.8 Å². The summed E-state index contributed by atoms with van der Waals surface area (Å²) < 4.78 is 11.1. The number of hydrogen-bond acceptors (Lipinski definition) is 5. The standard InChI is InChI=1S/C32H35N3O4/c1-38-27-18-25-26(19-28(27)39-2)32(37)35-17-13-22-9-5-6-11-24(22)30(35)29(25)31(36)33-14-7-15-34-16-12-21-8-3-4-10-23(21)20-34/h3-6,8-11,18-19,29-30H,7,12-17,20H2,1-2H3,(H,33,36). The van der Waals surface area contributed by atoms with Crippen LogP contribution in [0.15, 0.2) is 60.7 Å². The molecule has 2 amide bonds. The molecule has 3 aliphatic rings. The second-order valence-corrected chi connectivity index (χ2v) is 10.6. The van der Waals surface area contributed by atoms with Gasteiger partial charge in [0.25, 0.3) is 5.91 Å². The molecule has 3 aliphatic heterocycles. The maximum Gasteiger partial charge on any atom is 0.254 e. The number of benzene rings is 3. The van der Waals surface area contributed by atoms with E-state index in [0.29, 0.717) is 35.7 Å². The number of fused-ring (bicyclic) bond motifs is 5. The summed E-state index contributed by atoms with van der Waals surface area (Å²) in [6.45, 7) is 4.08. The highest BCUT2D eigenvalue weighted by molar-refractivity contribution is 6.02. The molecule has 0 bridgehead atoms. The summed E-state index contributed by atoms with van der Waals surface area (Å²) in [6, 6.07) is 20.0. The van der Waals surface area contributed by atoms with Crippen molar-refractivity contribution in [1.82, 2.24) is 15.1 Å². The molecule has 0 saturated carbocycles. The van der Waals surface area contributed by atoms with E-state index >= 15 is 0 Å². The molecule has 0 saturated heterocycles. The Hall–Kier alpha value is -3.84. The highest BCUT2D eigenvalue weighted by atomic mass is 16.5. The molecule has 39 heavy (non-hydrogen) atoms. The quantitative estimate of drug-likeness (QED) is 0.471. The second-order valence-electron chi connectivity index (χ2n) is 10.6. The van der Waals surface area contributed by atoms with Gasteiger partial charge in [-0.1, -0.05) is 48.5 Å². The third-order valence-electron chi connectivity index (χ3n) is 8.47. The van der Waals surface area contributed by atoms with Gasteiger partial charge in [0.2, 0.25) is 5.91 Å². The Balaban J connectivity index is 1.24. The molecule has 2 unspecified atom stereocenters. The van der Waals surface area contributed by atoms with Gasteiger partial charge >= 0.3 is 0 Å². The number of rotatable bonds is 7. The second kappa shape index (κ2) is 10.7. The molecule has 0 fully saturated rings. The fourth-order valence-electron chi connectivity index (χ4n) is 6.50. The minimum Gasteiger partial charge on any atom is -0.493 e. The summed E-state index contributed by atoms with van der Waals surface area (Å²) in [7, 11) is 3.13. The van der Waals surface area contributed by atoms with Crippen molar-refractivity contribution in [2.75, 3.05) is 40.4 Å². The largest absolute Gasteiger partial charge is 0.493 e. The van der Waals surface area contributed by atoms with Gasteiger partial charge in [0.05, 0.1) is 26.2 Å². The van der Waals surface area contributed by atoms with E-state index in [-0.39, 0.29) is 17.9 Å². The van der Waals surface area contributed by atoms with Crippen LogP contribution >= 0.6 is 0 Å². The fourth-order valence-corrected chi connectivity index (χ4v) is 6.50. The van der Waals surface area contributed by atoms with E-state index in [1.54, 1.807) is 20.3 Å². The zero-order valence-corrected chi connectivity index (χ0v) is 22.6. The SMILES string of the molecule is COc1cc2c(cc1OC)C(C(=O)NCCCN1CCc3ccccc3C1)C1c3ccccc3CCN1C2=O. The van der Waals surface area contributed by atoms with E-state index in [1.165, 1.54) is 16.7 Å². The van der Waals surface area contributed by atoms with Crippen molar-refractivity contribution in [3.63, 3.8) is 0 Å². The van der Waals surface area contributed by atoms with Crippen molar-refractivity contribution < 1.29 is 19.1 Å². The molecular formula is C32H35N3O4. The zero-order chi connectivity index (χ0) is 26.9. The number of nitrogens with zero attached hydrogens (tertiary/aromatic N) is 2. The Bertz CT molecular complexity index is 1400. The molecule has 0 aromatic heterocycles. The molecule has 3 aromatic carbocycles. The Morgan fingerprint density at radius 1 is 0.897 bits per heavy atom. The van der Waals surface area contributed by atoms with Crippen LogP contribution in [0.1, 0.15) is 56.6 Å². The Morgan fingerprint density at radius 2 is 1.59 bits per heavy atom. The molecule has 1 N–H and O–H groups in total. The first-order valence-corrected chi connectivity index (χ1v) is 13.8. The smallest absolute Gasteiger partial charge is 0.254 e. The molecule has 0 radical (unpaired) electrons. The topological polar surface area (TPSA) is 71.1 Å². The molecule has 7 heteroatoms. The third kappa shape index (κ3) is 4.65. The molecular weight excluding hydrogens is 490 g/mol. The van der Waals surface area contributed by atoms with E-state index in [4.69, 9.17) is 9.47 Å². The number of methoxy groups -OCH3 is 2. The number of hydrogen-bond donors (Lipinski definition) is 1. The summed E-state index contributed by atoms with van der Waals surface area (Å²) in [4.78, 5) is 32.0. The number of ether oxygens (including phenoxy) is 2. The normalized spacial score (nSPS) is 19.8. The van der Waals surface area contributed by atoms with Gasteiger partial charge in [-0.05, 0) is 59.2 Å². The summed E-state index contributed by atoms with van der Waals surface area (Å²) in [6.07, 6.45) is 2.70. The van der Waals surface area contributed by atoms with Crippen molar-refractivity contribution in [3.05, 3.63) is 94.0 Å². The van der Waals surface area contributed by atoms with Crippen molar-refractivity contribution in [1.29, 1.82) is 0 Å². The predicted octanol–water partition coefficient (Wildman–Crippen LogP) is 4.11. The zero-order valence-electron chi connectivity index (χ0n) is 22.6. The van der Waals surface area contributed by atoms with Gasteiger partial charge in [0.1, 0.15) is 0 Å². The number of carbonyl (C=O) groups excluding carboxylic acids is 2. The molecule has 2 atom stereocenters. The van der Waals surface area contributed by atoms with Crippen LogP contribution in [0.4, 0.5) is 0 Å². The van der Waals surface area contributed by atoms with E-state index in [2.05, 4.69) is 46.6 Å². The molecule has 202 valence electrons. The molecule has 0 spiro atoms. The molecule has 3 heterocycles. The van der Waals surface area contributed by atoms with Gasteiger partial charge in [0, 0.05) is 38.3 Å². The predicted molar refractivity (Wildman–Crippen MR) is 149 cm³/mol. The van der Waals surface area contributed by atoms with E-state index in [1.807, 2.05) is 23.1 Å². The first-order chi connectivity index (χ1) is 19.1. The lowest BCUT2D eigenvalue weighted by atomic mass is 9.75. The van der Waals surface area contributed by atoms with Crippen LogP contribution in [0, 0.1) is 0 Å². The first-order valence-electron chi connectivity index (χ1n) is 13.8. The van der Waals surface area contributed by atoms with Gasteiger partial charge in [-0.25, -0.2) is 0 Å². The number of carbonyl (C=O) groups is 2. The summed E-state index contributed by atoms with van der Waals surface area (Å²) in [5, 5.41) is 3.22. The fraction of sp³-hybridized carbons (Fsp3) is 0.375. The van der Waals surface area contributed by atoms with Crippen LogP contribution in [-0.2, 0) is 24.2 Å². The van der Waals surface area contributed by atoms with Gasteiger partial charge < -0.3 is 19.7 Å². The lowest BCUT2D eigenvalue weighted by molar-refractivity contribution is -0.124. The Kier molecular flexibility index (Phi) is 7.00. The third-order valence-corrected chi connectivity index (χ3v) is 8.47. The van der Waals surface area contributed by atoms with Gasteiger partial charge in [-0.3, -0.25) is 14.5 Å². The van der Waals surface area contributed by atoms with E-state index in [9.17, 15) is 9.59 Å². The average Bonchev–Trinajstić information content (AvgIpc) is 2.98. The maximum absolute atomic E-state index is 14.0. The first kappa shape index (κ1) is 25.4. The lowest BCUT2D eigenvalue weighted by Crippen LogP contribution is -2.50. The average molecular weight is 526 g/mol. The lowest BCUT2D eigenvalue weighted by Gasteiger charge is -2.45. The van der Waals surface area contributed by atoms with Gasteiger partial charge in [-0.2, -0.15) is 0 Å². The van der Waals surface area contributed by atoms with Crippen LogP contribution in [-0.4, -0.2) is 62.0 Å². The maximum atomic E-state index is 14.0. The van der Waals surface area contributed by atoms with Crippen LogP contribution < -0.4 is 14.8 Å². The summed E-state index contributed by atoms with van der Waals surface area (Å²) >= 11 is 0. The summed E-state index contributed by atoms with van der Waals surface area (Å²) in [5.41, 5.74) is 6.29. The number of nitrogens with one attached hydrogen (secondary N) is 1. The Labute approximate surface area is 229 Å². The van der Waals surface area contributed by atoms with Crippen LogP contribution in [0.5, 0.6) is 11.5 Å². The van der Waals surface area contributed by atoms with Crippen molar-refractivity contribution in [2.24, 2.45) is 0 Å². The van der Waals surface area contributed by atoms with E-state index in [0.717, 1.165) is 44.5 Å². The van der Waals surface area contributed by atoms with E-state index < -0.39 is 5.92 Å².